The fourth-order valence-corrected chi connectivity index (χ4v) is 10.6. The van der Waals surface area contributed by atoms with Crippen molar-refractivity contribution in [2.45, 2.75) is 122 Å². The Morgan fingerprint density at radius 2 is 1.05 bits per heavy atom. The molecule has 8 bridgehead atoms. The van der Waals surface area contributed by atoms with Crippen LogP contribution in [0.5, 0.6) is 0 Å². The zero-order valence-electron chi connectivity index (χ0n) is 46.9. The first-order chi connectivity index (χ1) is 37.9. The van der Waals surface area contributed by atoms with Crippen molar-refractivity contribution >= 4 is 70.9 Å². The van der Waals surface area contributed by atoms with E-state index in [0.29, 0.717) is 42.7 Å². The van der Waals surface area contributed by atoms with Crippen LogP contribution < -0.4 is 0 Å². The molecule has 9 heterocycles. The number of ether oxygens (including phenoxy) is 1. The number of piperidine rings is 4. The minimum atomic E-state index is -0.257. The Hall–Kier alpha value is -8.28. The highest BCUT2D eigenvalue weighted by Crippen LogP contribution is 2.36. The van der Waals surface area contributed by atoms with E-state index in [1.54, 1.807) is 77.8 Å². The smallest absolute Gasteiger partial charge is 0.469 e. The Bertz CT molecular complexity index is 2740. The molecule has 0 spiro atoms. The Morgan fingerprint density at radius 1 is 0.583 bits per heavy atom. The third kappa shape index (κ3) is 21.5. The van der Waals surface area contributed by atoms with Gasteiger partial charge in [0.1, 0.15) is 24.3 Å². The molecule has 4 saturated heterocycles. The number of methoxy groups -OCH3 is 1. The van der Waals surface area contributed by atoms with Crippen LogP contribution in [-0.2, 0) is 47.9 Å². The van der Waals surface area contributed by atoms with Crippen molar-refractivity contribution in [3.8, 4) is 0 Å². The van der Waals surface area contributed by atoms with E-state index in [0.717, 1.165) is 63.1 Å². The van der Waals surface area contributed by atoms with Gasteiger partial charge in [-0.3, -0.25) is 43.3 Å². The van der Waals surface area contributed by atoms with E-state index in [1.165, 1.54) is 20.1 Å². The van der Waals surface area contributed by atoms with Gasteiger partial charge in [0, 0.05) is 97.5 Å². The monoisotopic (exact) mass is 1160 g/mol. The first kappa shape index (κ1) is 75.7. The number of rotatable bonds is 5. The van der Waals surface area contributed by atoms with Crippen molar-refractivity contribution in [3.63, 3.8) is 0 Å². The van der Waals surface area contributed by atoms with E-state index in [2.05, 4.69) is 36.1 Å². The molecule has 18 nitrogen and oxygen atoms in total. The average molecular weight is 1160 g/mol. The summed E-state index contributed by atoms with van der Waals surface area (Å²) in [5.41, 5.74) is 2.56. The lowest BCUT2D eigenvalue weighted by atomic mass is 9.77. The molecule has 4 aliphatic carbocycles. The molecule has 0 saturated carbocycles. The number of nitrogens with zero attached hydrogens (tertiary/aromatic N) is 7. The number of carbonyl (C=O) groups is 9. The maximum atomic E-state index is 11.6. The lowest BCUT2D eigenvalue weighted by molar-refractivity contribution is -0.152. The second-order valence-electron chi connectivity index (χ2n) is 20.1. The minimum absolute atomic E-state index is 0. The van der Waals surface area contributed by atoms with E-state index in [9.17, 15) is 43.3 Å². The second-order valence-corrected chi connectivity index (χ2v) is 20.1. The first-order valence-corrected chi connectivity index (χ1v) is 26.5. The molecular formula is C66H94N7O11+. The van der Waals surface area contributed by atoms with Crippen LogP contribution in [0.1, 0.15) is 98.9 Å². The van der Waals surface area contributed by atoms with Crippen molar-refractivity contribution in [3.05, 3.63) is 151 Å². The van der Waals surface area contributed by atoms with Gasteiger partial charge in [0.15, 0.2) is 5.78 Å². The lowest BCUT2D eigenvalue weighted by Gasteiger charge is -2.44. The van der Waals surface area contributed by atoms with Gasteiger partial charge in [-0.15, -0.1) is 4.91 Å². The van der Waals surface area contributed by atoms with Gasteiger partial charge in [0.25, 0.3) is 0 Å². The summed E-state index contributed by atoms with van der Waals surface area (Å²) in [6, 6.07) is 18.4. The van der Waals surface area contributed by atoms with E-state index < -0.39 is 0 Å². The van der Waals surface area contributed by atoms with Crippen molar-refractivity contribution < 1.29 is 49.3 Å². The summed E-state index contributed by atoms with van der Waals surface area (Å²) in [4.78, 5) is 122. The Kier molecular flexibility index (Phi) is 34.0. The summed E-state index contributed by atoms with van der Waals surface area (Å²) < 4.78 is 4.76. The number of ketones is 1. The van der Waals surface area contributed by atoms with Gasteiger partial charge in [0.2, 0.25) is 29.5 Å². The van der Waals surface area contributed by atoms with Crippen LogP contribution >= 0.6 is 0 Å². The van der Waals surface area contributed by atoms with Crippen LogP contribution in [-0.4, -0.2) is 148 Å². The molecule has 4 fully saturated rings. The third-order valence-electron chi connectivity index (χ3n) is 14.5. The van der Waals surface area contributed by atoms with Crippen molar-refractivity contribution in [1.29, 1.82) is 0 Å². The molecule has 5 amide bonds. The zero-order valence-corrected chi connectivity index (χ0v) is 45.9. The number of hydrogen-bond acceptors (Lipinski definition) is 13. The van der Waals surface area contributed by atoms with E-state index >= 15 is 0 Å². The van der Waals surface area contributed by atoms with Gasteiger partial charge in [-0.2, -0.15) is 0 Å². The normalized spacial score (nSPS) is 25.0. The summed E-state index contributed by atoms with van der Waals surface area (Å²) in [5, 5.41) is 2.72. The lowest BCUT2D eigenvalue weighted by Crippen LogP contribution is -2.54. The number of benzene rings is 2. The highest BCUT2D eigenvalue weighted by Gasteiger charge is 2.43. The van der Waals surface area contributed by atoms with Gasteiger partial charge in [-0.25, -0.2) is 0 Å². The molecule has 18 heteroatoms. The van der Waals surface area contributed by atoms with Crippen molar-refractivity contribution in [1.82, 2.24) is 24.5 Å². The van der Waals surface area contributed by atoms with Crippen molar-refractivity contribution in [2.75, 3.05) is 39.8 Å². The van der Waals surface area contributed by atoms with Crippen molar-refractivity contribution in [2.24, 2.45) is 45.7 Å². The summed E-state index contributed by atoms with van der Waals surface area (Å²) in [7, 11) is 1.40. The fourth-order valence-electron chi connectivity index (χ4n) is 10.6. The van der Waals surface area contributed by atoms with E-state index in [4.69, 9.17) is 14.5 Å². The minimum Gasteiger partial charge on any atom is -0.469 e. The number of fused-ring (bicyclic) bond motifs is 8. The Morgan fingerprint density at radius 3 is 1.43 bits per heavy atom. The molecule has 0 N–H and O–H groups in total. The Labute approximate surface area is 501 Å². The van der Waals surface area contributed by atoms with Gasteiger partial charge in [0.05, 0.1) is 36.8 Å². The maximum absolute atomic E-state index is 11.6. The van der Waals surface area contributed by atoms with Crippen LogP contribution in [0.15, 0.2) is 157 Å². The number of Topliss-reactive ketones (excluding diaryl/α,β-unsaturated/α-hetero) is 1. The number of aldehydes is 2. The number of amides is 5. The zero-order chi connectivity index (χ0) is 57.6. The third-order valence-corrected chi connectivity index (χ3v) is 14.5. The fraction of sp³-hybridized carbons (Fsp3) is 0.455. The first-order valence-electron chi connectivity index (χ1n) is 26.5. The molecule has 10 unspecified atom stereocenters. The highest BCUT2D eigenvalue weighted by molar-refractivity contribution is 5.98. The molecular weight excluding hydrogens is 1070 g/mol. The quantitative estimate of drug-likeness (QED) is 0.0901. The molecule has 15 rings (SSSR count). The van der Waals surface area contributed by atoms with Gasteiger partial charge < -0.3 is 34.0 Å². The standard InChI is InChI=1S/C15H16N2O.C11H15NO3.C10H13NO2.C9H11NO2.C7H9NO.C6H5NO.C3H4O.5CH4/c1-11(18)17-10-12-7-8-15(17)14(9-12)16-13-5-3-2-4-6-13;1-7(13)12-6-8-3-4-10(12)9(5-8)11(14)15-2;1-7(13)11-5-8-2-3-10(11)9(4-8)6-12;1-6(11)10-5-7-2-3-8(10)9(12)4-7;1-7(9)8-5-3-2-4-6-8;8-7-6-4-2-1-3-5-6;1-2-3-4;;;;;/h2-8,12,15H,9-10H2,1H3;3-4,8-10H,5-6H2,1-2H3;2-3,6,8-10H,4-5H2,1H3;2-3,7-8H,4-5H2,1H3;2-5H,6H2,1H3;1-5H;2-3H,1H2;5*1H4/p+1. The van der Waals surface area contributed by atoms with Gasteiger partial charge >= 0.3 is 7.40 Å². The van der Waals surface area contributed by atoms with Crippen LogP contribution in [0.3, 0.4) is 0 Å². The topological polar surface area (TPSA) is 221 Å². The number of nitroso groups, excluding NO2 is 1. The predicted octanol–water partition coefficient (Wildman–Crippen LogP) is 10.8. The molecule has 84 heavy (non-hydrogen) atoms. The largest absolute Gasteiger partial charge is 1.00 e. The molecule has 0 radical (unpaired) electrons. The van der Waals surface area contributed by atoms with Crippen LogP contribution in [0.2, 0.25) is 0 Å². The summed E-state index contributed by atoms with van der Waals surface area (Å²) >= 11 is 0. The van der Waals surface area contributed by atoms with Gasteiger partial charge in [-0.05, 0) is 78.6 Å². The molecule has 0 aromatic heterocycles. The molecule has 2 aromatic rings. The number of esters is 1. The second kappa shape index (κ2) is 37.7. The average Bonchev–Trinajstić information content (AvgIpc) is 3.69. The molecule has 2 aromatic carbocycles. The summed E-state index contributed by atoms with van der Waals surface area (Å²) in [6.45, 7) is 14.7. The van der Waals surface area contributed by atoms with Crippen LogP contribution in [0.4, 0.5) is 11.4 Å². The molecule has 10 atom stereocenters. The number of para-hydroxylation sites is 1. The molecule has 458 valence electrons. The predicted molar refractivity (Wildman–Crippen MR) is 336 cm³/mol. The molecule has 13 aliphatic rings. The van der Waals surface area contributed by atoms with Crippen LogP contribution in [0, 0.1) is 40.4 Å². The Balaban J connectivity index is 0. The van der Waals surface area contributed by atoms with Crippen LogP contribution in [0.25, 0.3) is 0 Å². The maximum Gasteiger partial charge on any atom is 1.00 e. The number of aliphatic imine (C=N–C) groups is 1. The SMILES string of the molecule is C.C.C.C.C.C=CC=O.CC(=O)N1C=CC=CC1.CC(=O)N1CC2C=CC1C(=Nc1ccccc1)C2.CC(=O)N1CC2C=CC1C(=O)C2.CC(=O)N1CC2C=CC1C(C=O)C2.COC(=O)C1CC2C=CC1N(C(C)=O)C2.O=Nc1ccccc1.[H+]. The molecule has 9 aliphatic heterocycles. The van der Waals surface area contributed by atoms with E-state index in [-0.39, 0.29) is 122 Å². The van der Waals surface area contributed by atoms with E-state index in [1.807, 2.05) is 83.8 Å². The number of hydrogen-bond donors (Lipinski definition) is 0. The number of carbonyl (C=O) groups excluding carboxylic acids is 9. The highest BCUT2D eigenvalue weighted by atomic mass is 16.5. The number of allylic oxidation sites excluding steroid dienone is 3. The summed E-state index contributed by atoms with van der Waals surface area (Å²) in [5.74, 6) is 1.56. The van der Waals surface area contributed by atoms with Gasteiger partial charge in [-0.1, -0.05) is 141 Å². The summed E-state index contributed by atoms with van der Waals surface area (Å²) in [6.07, 6.45) is 30.0.